The molecule has 0 spiro atoms. The fraction of sp³-hybridized carbons (Fsp3) is 1.00. The molecule has 2 nitrogen and oxygen atoms in total. The zero-order valence-corrected chi connectivity index (χ0v) is 7.38. The zero-order valence-electron chi connectivity index (χ0n) is 7.38. The third-order valence-corrected chi connectivity index (χ3v) is 2.18. The first kappa shape index (κ1) is 9.01. The molecule has 1 atom stereocenters. The van der Waals surface area contributed by atoms with Crippen LogP contribution in [0.25, 0.3) is 0 Å². The summed E-state index contributed by atoms with van der Waals surface area (Å²) < 4.78 is 5.22. The van der Waals surface area contributed by atoms with Gasteiger partial charge in [-0.1, -0.05) is 12.8 Å². The molecule has 11 heavy (non-hydrogen) atoms. The van der Waals surface area contributed by atoms with Gasteiger partial charge in [0.2, 0.25) is 0 Å². The number of rotatable bonds is 6. The van der Waals surface area contributed by atoms with Crippen LogP contribution in [0.1, 0.15) is 32.6 Å². The van der Waals surface area contributed by atoms with Gasteiger partial charge in [0.1, 0.15) is 0 Å². The van der Waals surface area contributed by atoms with E-state index in [0.717, 1.165) is 25.6 Å². The molecule has 0 radical (unpaired) electrons. The predicted molar refractivity (Wildman–Crippen MR) is 46.4 cm³/mol. The molecule has 1 aliphatic rings. The molecule has 0 aromatic heterocycles. The molecule has 2 N–H and O–H groups in total. The molecular weight excluding hydrogens is 138 g/mol. The first-order valence-corrected chi connectivity index (χ1v) is 4.66. The van der Waals surface area contributed by atoms with E-state index in [4.69, 9.17) is 10.5 Å². The Morgan fingerprint density at radius 3 is 2.82 bits per heavy atom. The standard InChI is InChI=1S/C9H19NO/c1-2-11-7-9(10)6-5-8-3-4-8/h8-9H,2-7,10H2,1H3. The summed E-state index contributed by atoms with van der Waals surface area (Å²) in [4.78, 5) is 0. The highest BCUT2D eigenvalue weighted by Gasteiger charge is 2.21. The largest absolute Gasteiger partial charge is 0.380 e. The van der Waals surface area contributed by atoms with E-state index in [1.54, 1.807) is 0 Å². The van der Waals surface area contributed by atoms with E-state index in [9.17, 15) is 0 Å². The Hall–Kier alpha value is -0.0800. The Labute approximate surface area is 69.1 Å². The van der Waals surface area contributed by atoms with Gasteiger partial charge in [-0.05, 0) is 25.7 Å². The Balaban J connectivity index is 1.87. The maximum atomic E-state index is 5.81. The third kappa shape index (κ3) is 4.38. The normalized spacial score (nSPS) is 20.2. The third-order valence-electron chi connectivity index (χ3n) is 2.18. The second-order valence-electron chi connectivity index (χ2n) is 3.44. The fourth-order valence-corrected chi connectivity index (χ4v) is 1.21. The SMILES string of the molecule is CCOCC(N)CCC1CC1. The van der Waals surface area contributed by atoms with Gasteiger partial charge in [0, 0.05) is 12.6 Å². The Kier molecular flexibility index (Phi) is 3.87. The molecule has 0 aromatic rings. The van der Waals surface area contributed by atoms with Crippen LogP contribution in [-0.4, -0.2) is 19.3 Å². The summed E-state index contributed by atoms with van der Waals surface area (Å²) in [6, 6.07) is 0.274. The highest BCUT2D eigenvalue weighted by Crippen LogP contribution is 2.33. The number of nitrogens with two attached hydrogens (primary N) is 1. The van der Waals surface area contributed by atoms with Crippen LogP contribution < -0.4 is 5.73 Å². The second-order valence-corrected chi connectivity index (χ2v) is 3.44. The van der Waals surface area contributed by atoms with Crippen LogP contribution in [0.3, 0.4) is 0 Å². The van der Waals surface area contributed by atoms with Crippen molar-refractivity contribution in [3.63, 3.8) is 0 Å². The van der Waals surface area contributed by atoms with Crippen molar-refractivity contribution in [1.82, 2.24) is 0 Å². The average molecular weight is 157 g/mol. The monoisotopic (exact) mass is 157 g/mol. The number of ether oxygens (including phenoxy) is 1. The van der Waals surface area contributed by atoms with E-state index in [0.29, 0.717) is 0 Å². The Morgan fingerprint density at radius 2 is 2.27 bits per heavy atom. The van der Waals surface area contributed by atoms with E-state index >= 15 is 0 Å². The summed E-state index contributed by atoms with van der Waals surface area (Å²) in [6.45, 7) is 3.54. The summed E-state index contributed by atoms with van der Waals surface area (Å²) >= 11 is 0. The van der Waals surface area contributed by atoms with Crippen LogP contribution in [0, 0.1) is 5.92 Å². The first-order valence-electron chi connectivity index (χ1n) is 4.66. The highest BCUT2D eigenvalue weighted by atomic mass is 16.5. The molecule has 0 heterocycles. The molecule has 0 aliphatic heterocycles. The van der Waals surface area contributed by atoms with E-state index < -0.39 is 0 Å². The van der Waals surface area contributed by atoms with Crippen LogP contribution >= 0.6 is 0 Å². The molecule has 0 saturated heterocycles. The van der Waals surface area contributed by atoms with Crippen LogP contribution in [-0.2, 0) is 4.74 Å². The van der Waals surface area contributed by atoms with Gasteiger partial charge in [-0.2, -0.15) is 0 Å². The van der Waals surface area contributed by atoms with Crippen molar-refractivity contribution in [2.75, 3.05) is 13.2 Å². The average Bonchev–Trinajstić information content (AvgIpc) is 2.80. The van der Waals surface area contributed by atoms with Crippen molar-refractivity contribution in [2.45, 2.75) is 38.6 Å². The van der Waals surface area contributed by atoms with Crippen molar-refractivity contribution in [2.24, 2.45) is 11.7 Å². The molecular formula is C9H19NO. The maximum absolute atomic E-state index is 5.81. The smallest absolute Gasteiger partial charge is 0.0617 e. The molecule has 0 aromatic carbocycles. The zero-order chi connectivity index (χ0) is 8.10. The van der Waals surface area contributed by atoms with E-state index in [1.807, 2.05) is 6.92 Å². The lowest BCUT2D eigenvalue weighted by molar-refractivity contribution is 0.130. The minimum atomic E-state index is 0.274. The number of hydrogen-bond donors (Lipinski definition) is 1. The van der Waals surface area contributed by atoms with Gasteiger partial charge in [0.15, 0.2) is 0 Å². The molecule has 1 saturated carbocycles. The van der Waals surface area contributed by atoms with Crippen molar-refractivity contribution < 1.29 is 4.74 Å². The van der Waals surface area contributed by atoms with Crippen LogP contribution in [0.5, 0.6) is 0 Å². The van der Waals surface area contributed by atoms with Crippen LogP contribution in [0.2, 0.25) is 0 Å². The van der Waals surface area contributed by atoms with Gasteiger partial charge in [0.05, 0.1) is 6.61 Å². The molecule has 66 valence electrons. The van der Waals surface area contributed by atoms with Crippen molar-refractivity contribution >= 4 is 0 Å². The lowest BCUT2D eigenvalue weighted by Gasteiger charge is -2.09. The van der Waals surface area contributed by atoms with Gasteiger partial charge >= 0.3 is 0 Å². The summed E-state index contributed by atoms with van der Waals surface area (Å²) in [7, 11) is 0. The maximum Gasteiger partial charge on any atom is 0.0617 e. The second kappa shape index (κ2) is 4.73. The lowest BCUT2D eigenvalue weighted by atomic mass is 10.1. The molecule has 1 fully saturated rings. The van der Waals surface area contributed by atoms with E-state index in [2.05, 4.69) is 0 Å². The minimum absolute atomic E-state index is 0.274. The quantitative estimate of drug-likeness (QED) is 0.634. The van der Waals surface area contributed by atoms with Gasteiger partial charge < -0.3 is 10.5 Å². The van der Waals surface area contributed by atoms with Crippen LogP contribution in [0.4, 0.5) is 0 Å². The number of hydrogen-bond acceptors (Lipinski definition) is 2. The molecule has 1 rings (SSSR count). The van der Waals surface area contributed by atoms with Crippen molar-refractivity contribution in [1.29, 1.82) is 0 Å². The Morgan fingerprint density at radius 1 is 1.55 bits per heavy atom. The van der Waals surface area contributed by atoms with E-state index in [1.165, 1.54) is 19.3 Å². The lowest BCUT2D eigenvalue weighted by Crippen LogP contribution is -2.26. The van der Waals surface area contributed by atoms with E-state index in [-0.39, 0.29) is 6.04 Å². The van der Waals surface area contributed by atoms with Gasteiger partial charge in [-0.3, -0.25) is 0 Å². The van der Waals surface area contributed by atoms with Crippen LogP contribution in [0.15, 0.2) is 0 Å². The summed E-state index contributed by atoms with van der Waals surface area (Å²) in [6.07, 6.45) is 5.32. The topological polar surface area (TPSA) is 35.2 Å². The van der Waals surface area contributed by atoms with Gasteiger partial charge in [0.25, 0.3) is 0 Å². The van der Waals surface area contributed by atoms with Gasteiger partial charge in [-0.25, -0.2) is 0 Å². The van der Waals surface area contributed by atoms with Gasteiger partial charge in [-0.15, -0.1) is 0 Å². The predicted octanol–water partition coefficient (Wildman–Crippen LogP) is 1.54. The molecule has 1 unspecified atom stereocenters. The Bertz CT molecular complexity index is 102. The minimum Gasteiger partial charge on any atom is -0.380 e. The summed E-state index contributed by atoms with van der Waals surface area (Å²) in [5.41, 5.74) is 5.81. The highest BCUT2D eigenvalue weighted by molar-refractivity contribution is 4.75. The molecule has 2 heteroatoms. The molecule has 1 aliphatic carbocycles. The summed E-state index contributed by atoms with van der Waals surface area (Å²) in [5.74, 6) is 1.00. The molecule has 0 bridgehead atoms. The van der Waals surface area contributed by atoms with Crippen molar-refractivity contribution in [3.05, 3.63) is 0 Å². The van der Waals surface area contributed by atoms with Crippen molar-refractivity contribution in [3.8, 4) is 0 Å². The molecule has 0 amide bonds. The summed E-state index contributed by atoms with van der Waals surface area (Å²) in [5, 5.41) is 0. The fourth-order valence-electron chi connectivity index (χ4n) is 1.21. The first-order chi connectivity index (χ1) is 5.33.